The third-order valence-electron chi connectivity index (χ3n) is 5.30. The second-order valence-electron chi connectivity index (χ2n) is 7.00. The standard InChI is InChI=1S/C26H15Br2Cl/c27-18-8-4-16(5-9-18)20-2-1-3-22-23(20)14-15-25-24(22)13-12-21(26(25)29)17-6-10-19(28)11-7-17/h1-15H. The fourth-order valence-electron chi connectivity index (χ4n) is 3.87. The average Bonchev–Trinajstić information content (AvgIpc) is 2.75. The van der Waals surface area contributed by atoms with E-state index in [0.29, 0.717) is 0 Å². The molecule has 29 heavy (non-hydrogen) atoms. The number of rotatable bonds is 2. The molecule has 5 aromatic rings. The molecule has 0 bridgehead atoms. The first-order valence-corrected chi connectivity index (χ1v) is 11.2. The fourth-order valence-corrected chi connectivity index (χ4v) is 4.74. The van der Waals surface area contributed by atoms with Crippen LogP contribution in [0.3, 0.4) is 0 Å². The minimum absolute atomic E-state index is 0.792. The normalized spacial score (nSPS) is 11.3. The summed E-state index contributed by atoms with van der Waals surface area (Å²) in [6, 6.07) is 31.8. The maximum Gasteiger partial charge on any atom is 0.0562 e. The SMILES string of the molecule is Clc1c(-c2ccc(Br)cc2)ccc2c1ccc1c(-c3ccc(Br)cc3)cccc12. The zero-order valence-corrected chi connectivity index (χ0v) is 19.2. The highest BCUT2D eigenvalue weighted by molar-refractivity contribution is 9.10. The molecule has 0 fully saturated rings. The van der Waals surface area contributed by atoms with Crippen LogP contribution in [-0.2, 0) is 0 Å². The molecule has 0 heterocycles. The molecule has 0 spiro atoms. The van der Waals surface area contributed by atoms with E-state index in [1.54, 1.807) is 0 Å². The van der Waals surface area contributed by atoms with Gasteiger partial charge in [-0.05, 0) is 57.1 Å². The third kappa shape index (κ3) is 3.40. The number of hydrogen-bond acceptors (Lipinski definition) is 0. The summed E-state index contributed by atoms with van der Waals surface area (Å²) in [5.74, 6) is 0. The molecule has 0 N–H and O–H groups in total. The Hall–Kier alpha value is -2.13. The lowest BCUT2D eigenvalue weighted by molar-refractivity contribution is 1.61. The topological polar surface area (TPSA) is 0 Å². The van der Waals surface area contributed by atoms with Crippen molar-refractivity contribution in [2.24, 2.45) is 0 Å². The first kappa shape index (κ1) is 18.9. The summed E-state index contributed by atoms with van der Waals surface area (Å²) in [6.45, 7) is 0. The van der Waals surface area contributed by atoms with Gasteiger partial charge in [0.05, 0.1) is 5.02 Å². The van der Waals surface area contributed by atoms with Gasteiger partial charge in [-0.3, -0.25) is 0 Å². The van der Waals surface area contributed by atoms with Gasteiger partial charge >= 0.3 is 0 Å². The van der Waals surface area contributed by atoms with Gasteiger partial charge in [-0.25, -0.2) is 0 Å². The Balaban J connectivity index is 1.73. The van der Waals surface area contributed by atoms with Crippen LogP contribution >= 0.6 is 43.5 Å². The molecule has 0 atom stereocenters. The van der Waals surface area contributed by atoms with Gasteiger partial charge in [0.2, 0.25) is 0 Å². The molecule has 140 valence electrons. The molecular formula is C26H15Br2Cl. The molecule has 5 rings (SSSR count). The number of benzene rings is 5. The molecule has 0 aromatic heterocycles. The van der Waals surface area contributed by atoms with Crippen molar-refractivity contribution >= 4 is 65.0 Å². The van der Waals surface area contributed by atoms with E-state index in [1.165, 1.54) is 27.3 Å². The molecule has 0 radical (unpaired) electrons. The van der Waals surface area contributed by atoms with Gasteiger partial charge < -0.3 is 0 Å². The van der Waals surface area contributed by atoms with Crippen molar-refractivity contribution in [2.45, 2.75) is 0 Å². The van der Waals surface area contributed by atoms with Gasteiger partial charge in [-0.2, -0.15) is 0 Å². The van der Waals surface area contributed by atoms with Crippen LogP contribution in [0.4, 0.5) is 0 Å². The molecule has 0 saturated heterocycles. The molecule has 5 aromatic carbocycles. The first-order valence-electron chi connectivity index (χ1n) is 9.28. The van der Waals surface area contributed by atoms with E-state index in [4.69, 9.17) is 11.6 Å². The smallest absolute Gasteiger partial charge is 0.0562 e. The average molecular weight is 523 g/mol. The molecule has 0 amide bonds. The molecule has 0 nitrogen and oxygen atoms in total. The van der Waals surface area contributed by atoms with E-state index < -0.39 is 0 Å². The number of halogens is 3. The van der Waals surface area contributed by atoms with Crippen molar-refractivity contribution in [3.63, 3.8) is 0 Å². The van der Waals surface area contributed by atoms with Gasteiger partial charge in [0.15, 0.2) is 0 Å². The van der Waals surface area contributed by atoms with E-state index in [0.717, 1.165) is 30.5 Å². The largest absolute Gasteiger partial charge is 0.0830 e. The van der Waals surface area contributed by atoms with Crippen LogP contribution in [0.15, 0.2) is 99.9 Å². The van der Waals surface area contributed by atoms with Crippen LogP contribution in [0.1, 0.15) is 0 Å². The van der Waals surface area contributed by atoms with E-state index in [-0.39, 0.29) is 0 Å². The summed E-state index contributed by atoms with van der Waals surface area (Å²) in [6.07, 6.45) is 0. The zero-order chi connectivity index (χ0) is 20.0. The summed E-state index contributed by atoms with van der Waals surface area (Å²) in [5.41, 5.74) is 4.60. The minimum Gasteiger partial charge on any atom is -0.0830 e. The first-order chi connectivity index (χ1) is 14.1. The lowest BCUT2D eigenvalue weighted by Gasteiger charge is -2.13. The van der Waals surface area contributed by atoms with E-state index >= 15 is 0 Å². The molecule has 0 aliphatic heterocycles. The Morgan fingerprint density at radius 2 is 0.966 bits per heavy atom. The Kier molecular flexibility index (Phi) is 4.95. The second kappa shape index (κ2) is 7.60. The van der Waals surface area contributed by atoms with Crippen LogP contribution in [0, 0.1) is 0 Å². The summed E-state index contributed by atoms with van der Waals surface area (Å²) in [5, 5.41) is 5.49. The van der Waals surface area contributed by atoms with Crippen molar-refractivity contribution in [1.82, 2.24) is 0 Å². The summed E-state index contributed by atoms with van der Waals surface area (Å²) < 4.78 is 2.14. The van der Waals surface area contributed by atoms with Crippen LogP contribution < -0.4 is 0 Å². The summed E-state index contributed by atoms with van der Waals surface area (Å²) >= 11 is 13.9. The van der Waals surface area contributed by atoms with Crippen molar-refractivity contribution in [3.05, 3.63) is 105 Å². The second-order valence-corrected chi connectivity index (χ2v) is 9.21. The highest BCUT2D eigenvalue weighted by Gasteiger charge is 2.12. The van der Waals surface area contributed by atoms with E-state index in [2.05, 4.69) is 111 Å². The monoisotopic (exact) mass is 520 g/mol. The lowest BCUT2D eigenvalue weighted by atomic mass is 9.93. The molecule has 0 aliphatic rings. The van der Waals surface area contributed by atoms with Gasteiger partial charge in [0.1, 0.15) is 0 Å². The van der Waals surface area contributed by atoms with Crippen molar-refractivity contribution in [1.29, 1.82) is 0 Å². The Morgan fingerprint density at radius 3 is 1.62 bits per heavy atom. The predicted molar refractivity (Wildman–Crippen MR) is 133 cm³/mol. The van der Waals surface area contributed by atoms with Gasteiger partial charge in [-0.15, -0.1) is 0 Å². The van der Waals surface area contributed by atoms with Crippen molar-refractivity contribution in [3.8, 4) is 22.3 Å². The Bertz CT molecular complexity index is 1350. The van der Waals surface area contributed by atoms with Gasteiger partial charge in [0.25, 0.3) is 0 Å². The quantitative estimate of drug-likeness (QED) is 0.203. The van der Waals surface area contributed by atoms with Crippen LogP contribution in [0.25, 0.3) is 43.8 Å². The molecular weight excluding hydrogens is 508 g/mol. The fraction of sp³-hybridized carbons (Fsp3) is 0. The van der Waals surface area contributed by atoms with Crippen LogP contribution in [0.5, 0.6) is 0 Å². The van der Waals surface area contributed by atoms with Crippen LogP contribution in [-0.4, -0.2) is 0 Å². The maximum absolute atomic E-state index is 6.87. The lowest BCUT2D eigenvalue weighted by Crippen LogP contribution is -1.86. The van der Waals surface area contributed by atoms with Gasteiger partial charge in [0, 0.05) is 19.9 Å². The minimum atomic E-state index is 0.792. The molecule has 3 heteroatoms. The highest BCUT2D eigenvalue weighted by atomic mass is 79.9. The van der Waals surface area contributed by atoms with Crippen molar-refractivity contribution in [2.75, 3.05) is 0 Å². The van der Waals surface area contributed by atoms with Crippen molar-refractivity contribution < 1.29 is 0 Å². The highest BCUT2D eigenvalue weighted by Crippen LogP contribution is 2.39. The molecule has 0 unspecified atom stereocenters. The number of fused-ring (bicyclic) bond motifs is 3. The number of hydrogen-bond donors (Lipinski definition) is 0. The molecule has 0 saturated carbocycles. The summed E-state index contributed by atoms with van der Waals surface area (Å²) in [4.78, 5) is 0. The van der Waals surface area contributed by atoms with Crippen LogP contribution in [0.2, 0.25) is 5.02 Å². The molecule has 0 aliphatic carbocycles. The predicted octanol–water partition coefficient (Wildman–Crippen LogP) is 9.51. The summed E-state index contributed by atoms with van der Waals surface area (Å²) in [7, 11) is 0. The maximum atomic E-state index is 6.87. The van der Waals surface area contributed by atoms with E-state index in [1.807, 2.05) is 12.1 Å². The van der Waals surface area contributed by atoms with Gasteiger partial charge in [-0.1, -0.05) is 110 Å². The third-order valence-corrected chi connectivity index (χ3v) is 6.77. The Labute approximate surface area is 191 Å². The van der Waals surface area contributed by atoms with E-state index in [9.17, 15) is 0 Å². The zero-order valence-electron chi connectivity index (χ0n) is 15.3. The Morgan fingerprint density at radius 1 is 0.448 bits per heavy atom.